The van der Waals surface area contributed by atoms with Crippen LogP contribution in [-0.2, 0) is 13.1 Å². The molecule has 7 nitrogen and oxygen atoms in total. The minimum absolute atomic E-state index is 0.267. The van der Waals surface area contributed by atoms with Crippen molar-refractivity contribution in [2.45, 2.75) is 26.9 Å². The first-order chi connectivity index (χ1) is 9.56. The number of hydrogen-bond donors (Lipinski definition) is 1. The fraction of sp³-hybridized carbons (Fsp3) is 0.385. The van der Waals surface area contributed by atoms with E-state index in [9.17, 15) is 9.90 Å². The van der Waals surface area contributed by atoms with E-state index in [0.717, 1.165) is 23.6 Å². The Balaban J connectivity index is 2.05. The van der Waals surface area contributed by atoms with Crippen LogP contribution in [-0.4, -0.2) is 37.4 Å². The number of pyridine rings is 1. The quantitative estimate of drug-likeness (QED) is 0.879. The van der Waals surface area contributed by atoms with Gasteiger partial charge >= 0.3 is 5.97 Å². The van der Waals surface area contributed by atoms with Crippen molar-refractivity contribution in [1.82, 2.24) is 19.7 Å². The highest BCUT2D eigenvalue weighted by Crippen LogP contribution is 2.25. The number of rotatable bonds is 2. The van der Waals surface area contributed by atoms with Crippen LogP contribution in [0.15, 0.2) is 12.4 Å². The van der Waals surface area contributed by atoms with Gasteiger partial charge in [0, 0.05) is 18.8 Å². The van der Waals surface area contributed by atoms with Gasteiger partial charge < -0.3 is 14.6 Å². The topological polar surface area (TPSA) is 84.1 Å². The van der Waals surface area contributed by atoms with Gasteiger partial charge in [0.25, 0.3) is 0 Å². The van der Waals surface area contributed by atoms with Crippen LogP contribution in [0.5, 0.6) is 0 Å². The molecule has 1 aliphatic rings. The van der Waals surface area contributed by atoms with Crippen LogP contribution in [0.3, 0.4) is 0 Å². The van der Waals surface area contributed by atoms with Crippen molar-refractivity contribution in [3.05, 3.63) is 35.0 Å². The molecule has 0 bridgehead atoms. The molecule has 1 aliphatic heterocycles. The van der Waals surface area contributed by atoms with Crippen LogP contribution in [0.4, 0.5) is 5.82 Å². The van der Waals surface area contributed by atoms with Crippen molar-refractivity contribution >= 4 is 11.8 Å². The summed E-state index contributed by atoms with van der Waals surface area (Å²) < 4.78 is 1.97. The first-order valence-corrected chi connectivity index (χ1v) is 6.39. The van der Waals surface area contributed by atoms with Gasteiger partial charge in [0.15, 0.2) is 5.82 Å². The summed E-state index contributed by atoms with van der Waals surface area (Å²) in [6.45, 7) is 5.62. The Bertz CT molecular complexity index is 679. The summed E-state index contributed by atoms with van der Waals surface area (Å²) in [5.41, 5.74) is 1.81. The molecule has 0 spiro atoms. The number of fused-ring (bicyclic) bond motifs is 1. The molecule has 0 aromatic carbocycles. The van der Waals surface area contributed by atoms with Crippen molar-refractivity contribution in [1.29, 1.82) is 0 Å². The van der Waals surface area contributed by atoms with E-state index < -0.39 is 5.97 Å². The first kappa shape index (κ1) is 12.6. The number of carbonyl (C=O) groups is 1. The van der Waals surface area contributed by atoms with Gasteiger partial charge in [-0.2, -0.15) is 0 Å². The van der Waals surface area contributed by atoms with Gasteiger partial charge in [-0.3, -0.25) is 0 Å². The third kappa shape index (κ3) is 2.01. The van der Waals surface area contributed by atoms with E-state index in [0.29, 0.717) is 18.9 Å². The Kier molecular flexibility index (Phi) is 2.89. The van der Waals surface area contributed by atoms with E-state index in [4.69, 9.17) is 0 Å². The molecule has 20 heavy (non-hydrogen) atoms. The van der Waals surface area contributed by atoms with E-state index in [1.165, 1.54) is 0 Å². The molecule has 7 heteroatoms. The standard InChI is InChI=1S/C13H15N5O2/c1-8-5-9(2)15-12(11(8)13(19)20)17-3-4-18-7-14-16-10(18)6-17/h5,7H,3-4,6H2,1-2H3,(H,19,20). The molecular weight excluding hydrogens is 258 g/mol. The molecule has 0 aliphatic carbocycles. The third-order valence-electron chi connectivity index (χ3n) is 3.48. The summed E-state index contributed by atoms with van der Waals surface area (Å²) in [5, 5.41) is 17.3. The highest BCUT2D eigenvalue weighted by molar-refractivity contribution is 5.95. The Hall–Kier alpha value is -2.44. The summed E-state index contributed by atoms with van der Waals surface area (Å²) in [6, 6.07) is 1.79. The largest absolute Gasteiger partial charge is 0.478 e. The lowest BCUT2D eigenvalue weighted by Crippen LogP contribution is -2.35. The first-order valence-electron chi connectivity index (χ1n) is 6.39. The summed E-state index contributed by atoms with van der Waals surface area (Å²) in [4.78, 5) is 17.9. The van der Waals surface area contributed by atoms with Crippen molar-refractivity contribution in [2.75, 3.05) is 11.4 Å². The number of anilines is 1. The fourth-order valence-corrected chi connectivity index (χ4v) is 2.56. The maximum absolute atomic E-state index is 11.5. The van der Waals surface area contributed by atoms with Crippen molar-refractivity contribution in [3.8, 4) is 0 Å². The third-order valence-corrected chi connectivity index (χ3v) is 3.48. The van der Waals surface area contributed by atoms with E-state index in [1.54, 1.807) is 19.3 Å². The van der Waals surface area contributed by atoms with Crippen molar-refractivity contribution in [3.63, 3.8) is 0 Å². The molecule has 0 radical (unpaired) electrons. The second-order valence-corrected chi connectivity index (χ2v) is 4.95. The minimum atomic E-state index is -0.947. The normalized spacial score (nSPS) is 14.2. The van der Waals surface area contributed by atoms with Crippen LogP contribution < -0.4 is 4.90 Å². The molecule has 0 atom stereocenters. The lowest BCUT2D eigenvalue weighted by Gasteiger charge is -2.29. The van der Waals surface area contributed by atoms with E-state index >= 15 is 0 Å². The Morgan fingerprint density at radius 1 is 1.35 bits per heavy atom. The highest BCUT2D eigenvalue weighted by Gasteiger charge is 2.24. The SMILES string of the molecule is Cc1cc(C)c(C(=O)O)c(N2CCn3cnnc3C2)n1. The van der Waals surface area contributed by atoms with Gasteiger partial charge in [0.05, 0.1) is 6.54 Å². The summed E-state index contributed by atoms with van der Waals surface area (Å²) in [6.07, 6.45) is 1.69. The summed E-state index contributed by atoms with van der Waals surface area (Å²) >= 11 is 0. The van der Waals surface area contributed by atoms with E-state index in [2.05, 4.69) is 15.2 Å². The minimum Gasteiger partial charge on any atom is -0.478 e. The summed E-state index contributed by atoms with van der Waals surface area (Å²) in [7, 11) is 0. The maximum Gasteiger partial charge on any atom is 0.339 e. The highest BCUT2D eigenvalue weighted by atomic mass is 16.4. The van der Waals surface area contributed by atoms with Crippen molar-refractivity contribution < 1.29 is 9.90 Å². The zero-order valence-electron chi connectivity index (χ0n) is 11.4. The number of hydrogen-bond acceptors (Lipinski definition) is 5. The number of aromatic nitrogens is 4. The Morgan fingerprint density at radius 3 is 2.90 bits per heavy atom. The van der Waals surface area contributed by atoms with Crippen LogP contribution in [0.1, 0.15) is 27.4 Å². The average Bonchev–Trinajstić information content (AvgIpc) is 2.84. The van der Waals surface area contributed by atoms with Gasteiger partial charge in [-0.1, -0.05) is 0 Å². The monoisotopic (exact) mass is 273 g/mol. The molecule has 1 N–H and O–H groups in total. The second kappa shape index (κ2) is 4.59. The van der Waals surface area contributed by atoms with Crippen LogP contribution in [0.25, 0.3) is 0 Å². The number of carboxylic acids is 1. The molecule has 2 aromatic rings. The predicted molar refractivity (Wildman–Crippen MR) is 71.7 cm³/mol. The van der Waals surface area contributed by atoms with E-state index in [1.807, 2.05) is 16.4 Å². The molecule has 0 saturated heterocycles. The fourth-order valence-electron chi connectivity index (χ4n) is 2.56. The van der Waals surface area contributed by atoms with Gasteiger partial charge in [-0.05, 0) is 25.5 Å². The van der Waals surface area contributed by atoms with Crippen LogP contribution >= 0.6 is 0 Å². The second-order valence-electron chi connectivity index (χ2n) is 4.95. The zero-order chi connectivity index (χ0) is 14.3. The van der Waals surface area contributed by atoms with E-state index in [-0.39, 0.29) is 5.56 Å². The Labute approximate surface area is 115 Å². The van der Waals surface area contributed by atoms with Gasteiger partial charge in [-0.15, -0.1) is 10.2 Å². The molecule has 3 rings (SSSR count). The lowest BCUT2D eigenvalue weighted by molar-refractivity contribution is 0.0696. The molecule has 104 valence electrons. The van der Waals surface area contributed by atoms with Gasteiger partial charge in [0.2, 0.25) is 0 Å². The molecular formula is C13H15N5O2. The van der Waals surface area contributed by atoms with Gasteiger partial charge in [-0.25, -0.2) is 9.78 Å². The molecule has 2 aromatic heterocycles. The number of aromatic carboxylic acids is 1. The smallest absolute Gasteiger partial charge is 0.339 e. The van der Waals surface area contributed by atoms with Gasteiger partial charge in [0.1, 0.15) is 17.7 Å². The Morgan fingerprint density at radius 2 is 2.15 bits per heavy atom. The van der Waals surface area contributed by atoms with Crippen LogP contribution in [0, 0.1) is 13.8 Å². The zero-order valence-corrected chi connectivity index (χ0v) is 11.4. The van der Waals surface area contributed by atoms with Crippen molar-refractivity contribution in [2.24, 2.45) is 0 Å². The molecule has 0 amide bonds. The number of carboxylic acid groups (broad SMARTS) is 1. The molecule has 0 fully saturated rings. The number of nitrogens with zero attached hydrogens (tertiary/aromatic N) is 5. The summed E-state index contributed by atoms with van der Waals surface area (Å²) in [5.74, 6) is 0.398. The molecule has 0 unspecified atom stereocenters. The maximum atomic E-state index is 11.5. The average molecular weight is 273 g/mol. The molecule has 0 saturated carbocycles. The lowest BCUT2D eigenvalue weighted by atomic mass is 10.1. The predicted octanol–water partition coefficient (Wildman–Crippen LogP) is 1.01. The molecule has 3 heterocycles. The van der Waals surface area contributed by atoms with Crippen LogP contribution in [0.2, 0.25) is 0 Å². The number of aryl methyl sites for hydroxylation is 2.